The van der Waals surface area contributed by atoms with E-state index in [2.05, 4.69) is 18.7 Å². The second-order valence-electron chi connectivity index (χ2n) is 4.50. The summed E-state index contributed by atoms with van der Waals surface area (Å²) in [7, 11) is 4.05. The third-order valence-electron chi connectivity index (χ3n) is 3.71. The van der Waals surface area contributed by atoms with Crippen LogP contribution in [0.25, 0.3) is 0 Å². The average Bonchev–Trinajstić information content (AvgIpc) is 2.72. The summed E-state index contributed by atoms with van der Waals surface area (Å²) in [6, 6.07) is 3.77. The van der Waals surface area contributed by atoms with Crippen LogP contribution in [0.5, 0.6) is 0 Å². The van der Waals surface area contributed by atoms with Crippen molar-refractivity contribution in [1.29, 1.82) is 0 Å². The highest BCUT2D eigenvalue weighted by Crippen LogP contribution is 2.27. The van der Waals surface area contributed by atoms with E-state index in [1.165, 1.54) is 0 Å². The molecular weight excluding hydrogens is 202 g/mol. The molecule has 0 aromatic carbocycles. The van der Waals surface area contributed by atoms with Gasteiger partial charge in [-0.1, -0.05) is 13.8 Å². The molecule has 1 rings (SSSR count). The fourth-order valence-corrected chi connectivity index (χ4v) is 2.46. The zero-order valence-electron chi connectivity index (χ0n) is 10.7. The highest BCUT2D eigenvalue weighted by atomic mass is 16.3. The quantitative estimate of drug-likeness (QED) is 0.807. The van der Waals surface area contributed by atoms with Crippen molar-refractivity contribution >= 4 is 0 Å². The first-order valence-electron chi connectivity index (χ1n) is 5.94. The minimum Gasteiger partial charge on any atom is -0.469 e. The fraction of sp³-hybridized carbons (Fsp3) is 0.692. The van der Waals surface area contributed by atoms with E-state index in [0.717, 1.165) is 18.6 Å². The number of hydrogen-bond acceptors (Lipinski definition) is 3. The number of aliphatic hydroxyl groups is 1. The molecule has 1 heterocycles. The lowest BCUT2D eigenvalue weighted by Gasteiger charge is -2.42. The highest BCUT2D eigenvalue weighted by Gasteiger charge is 2.37. The highest BCUT2D eigenvalue weighted by molar-refractivity contribution is 5.04. The molecule has 1 unspecified atom stereocenters. The van der Waals surface area contributed by atoms with Gasteiger partial charge in [0, 0.05) is 12.0 Å². The van der Waals surface area contributed by atoms with Crippen molar-refractivity contribution in [1.82, 2.24) is 4.90 Å². The Morgan fingerprint density at radius 3 is 2.38 bits per heavy atom. The molecule has 1 atom stereocenters. The van der Waals surface area contributed by atoms with Crippen LogP contribution in [0.15, 0.2) is 22.8 Å². The first kappa shape index (κ1) is 13.3. The SMILES string of the molecule is CCC(CC)(C(O)Cc1ccco1)N(C)C. The van der Waals surface area contributed by atoms with Crippen LogP contribution in [-0.2, 0) is 6.42 Å². The molecule has 1 aromatic heterocycles. The summed E-state index contributed by atoms with van der Waals surface area (Å²) >= 11 is 0. The molecule has 0 saturated carbocycles. The third kappa shape index (κ3) is 2.47. The monoisotopic (exact) mass is 225 g/mol. The van der Waals surface area contributed by atoms with Gasteiger partial charge in [0.1, 0.15) is 5.76 Å². The van der Waals surface area contributed by atoms with Crippen LogP contribution in [0.2, 0.25) is 0 Å². The van der Waals surface area contributed by atoms with Gasteiger partial charge in [-0.05, 0) is 39.1 Å². The Morgan fingerprint density at radius 1 is 1.38 bits per heavy atom. The van der Waals surface area contributed by atoms with Gasteiger partial charge in [-0.25, -0.2) is 0 Å². The average molecular weight is 225 g/mol. The molecule has 0 spiro atoms. The molecule has 1 aromatic rings. The number of rotatable bonds is 6. The number of likely N-dealkylation sites (N-methyl/N-ethyl adjacent to an activating group) is 1. The number of hydrogen-bond donors (Lipinski definition) is 1. The van der Waals surface area contributed by atoms with Crippen LogP contribution < -0.4 is 0 Å². The second-order valence-corrected chi connectivity index (χ2v) is 4.50. The van der Waals surface area contributed by atoms with Crippen molar-refractivity contribution < 1.29 is 9.52 Å². The van der Waals surface area contributed by atoms with Crippen LogP contribution >= 0.6 is 0 Å². The minimum absolute atomic E-state index is 0.160. The number of nitrogens with zero attached hydrogens (tertiary/aromatic N) is 1. The van der Waals surface area contributed by atoms with Gasteiger partial charge in [-0.3, -0.25) is 0 Å². The Kier molecular flexibility index (Phi) is 4.56. The summed E-state index contributed by atoms with van der Waals surface area (Å²) in [6.07, 6.45) is 3.68. The minimum atomic E-state index is -0.399. The molecule has 0 bridgehead atoms. The van der Waals surface area contributed by atoms with E-state index in [4.69, 9.17) is 4.42 Å². The summed E-state index contributed by atoms with van der Waals surface area (Å²) in [5.41, 5.74) is -0.160. The maximum absolute atomic E-state index is 10.4. The predicted molar refractivity (Wildman–Crippen MR) is 65.4 cm³/mol. The molecule has 0 fully saturated rings. The molecule has 3 nitrogen and oxygen atoms in total. The van der Waals surface area contributed by atoms with Crippen molar-refractivity contribution in [3.05, 3.63) is 24.2 Å². The van der Waals surface area contributed by atoms with E-state index in [0.29, 0.717) is 6.42 Å². The summed E-state index contributed by atoms with van der Waals surface area (Å²) in [6.45, 7) is 4.24. The standard InChI is InChI=1S/C13H23NO2/c1-5-13(6-2,14(3)4)12(15)10-11-8-7-9-16-11/h7-9,12,15H,5-6,10H2,1-4H3. The maximum Gasteiger partial charge on any atom is 0.106 e. The maximum atomic E-state index is 10.4. The lowest BCUT2D eigenvalue weighted by Crippen LogP contribution is -2.53. The van der Waals surface area contributed by atoms with Crippen LogP contribution in [0, 0.1) is 0 Å². The van der Waals surface area contributed by atoms with E-state index in [-0.39, 0.29) is 5.54 Å². The van der Waals surface area contributed by atoms with E-state index in [9.17, 15) is 5.11 Å². The zero-order valence-corrected chi connectivity index (χ0v) is 10.7. The summed E-state index contributed by atoms with van der Waals surface area (Å²) < 4.78 is 5.29. The van der Waals surface area contributed by atoms with E-state index < -0.39 is 6.10 Å². The van der Waals surface area contributed by atoms with Crippen LogP contribution in [-0.4, -0.2) is 35.7 Å². The number of aliphatic hydroxyl groups excluding tert-OH is 1. The van der Waals surface area contributed by atoms with Crippen molar-refractivity contribution in [2.45, 2.75) is 44.8 Å². The van der Waals surface area contributed by atoms with Gasteiger partial charge in [0.2, 0.25) is 0 Å². The largest absolute Gasteiger partial charge is 0.469 e. The molecule has 16 heavy (non-hydrogen) atoms. The molecule has 0 saturated heterocycles. The predicted octanol–water partition coefficient (Wildman–Crippen LogP) is 2.30. The topological polar surface area (TPSA) is 36.6 Å². The molecule has 0 aliphatic rings. The van der Waals surface area contributed by atoms with Crippen LogP contribution in [0.4, 0.5) is 0 Å². The Balaban J connectivity index is 2.78. The zero-order chi connectivity index (χ0) is 12.2. The first-order valence-corrected chi connectivity index (χ1v) is 5.94. The summed E-state index contributed by atoms with van der Waals surface area (Å²) in [4.78, 5) is 2.13. The van der Waals surface area contributed by atoms with Crippen molar-refractivity contribution in [3.63, 3.8) is 0 Å². The lowest BCUT2D eigenvalue weighted by atomic mass is 9.83. The molecule has 0 aliphatic heterocycles. The summed E-state index contributed by atoms with van der Waals surface area (Å²) in [5, 5.41) is 10.4. The fourth-order valence-electron chi connectivity index (χ4n) is 2.46. The van der Waals surface area contributed by atoms with Gasteiger partial charge in [-0.2, -0.15) is 0 Å². The molecular formula is C13H23NO2. The summed E-state index contributed by atoms with van der Waals surface area (Å²) in [5.74, 6) is 0.848. The van der Waals surface area contributed by atoms with Crippen molar-refractivity contribution in [3.8, 4) is 0 Å². The first-order chi connectivity index (χ1) is 7.56. The lowest BCUT2D eigenvalue weighted by molar-refractivity contribution is -0.0150. The van der Waals surface area contributed by atoms with E-state index in [1.54, 1.807) is 6.26 Å². The number of furan rings is 1. The molecule has 92 valence electrons. The van der Waals surface area contributed by atoms with Gasteiger partial charge in [0.25, 0.3) is 0 Å². The van der Waals surface area contributed by atoms with E-state index in [1.807, 2.05) is 26.2 Å². The molecule has 1 N–H and O–H groups in total. The van der Waals surface area contributed by atoms with Gasteiger partial charge in [-0.15, -0.1) is 0 Å². The van der Waals surface area contributed by atoms with Crippen molar-refractivity contribution in [2.24, 2.45) is 0 Å². The molecule has 0 radical (unpaired) electrons. The van der Waals surface area contributed by atoms with E-state index >= 15 is 0 Å². The molecule has 3 heteroatoms. The van der Waals surface area contributed by atoms with Crippen molar-refractivity contribution in [2.75, 3.05) is 14.1 Å². The van der Waals surface area contributed by atoms with Gasteiger partial charge < -0.3 is 14.4 Å². The van der Waals surface area contributed by atoms with Gasteiger partial charge in [0.15, 0.2) is 0 Å². The Morgan fingerprint density at radius 2 is 2.00 bits per heavy atom. The smallest absolute Gasteiger partial charge is 0.106 e. The van der Waals surface area contributed by atoms with Gasteiger partial charge in [0.05, 0.1) is 12.4 Å². The van der Waals surface area contributed by atoms with Crippen LogP contribution in [0.1, 0.15) is 32.4 Å². The normalized spacial score (nSPS) is 14.4. The van der Waals surface area contributed by atoms with Gasteiger partial charge >= 0.3 is 0 Å². The Labute approximate surface area is 98.1 Å². The van der Waals surface area contributed by atoms with Crippen LogP contribution in [0.3, 0.4) is 0 Å². The molecule has 0 amide bonds. The Hall–Kier alpha value is -0.800. The Bertz CT molecular complexity index is 289. The molecule has 0 aliphatic carbocycles. The second kappa shape index (κ2) is 5.51. The third-order valence-corrected chi connectivity index (χ3v) is 3.71.